The van der Waals surface area contributed by atoms with Gasteiger partial charge in [-0.1, -0.05) is 29.8 Å². The number of esters is 1. The van der Waals surface area contributed by atoms with E-state index in [1.807, 2.05) is 12.1 Å². The molecule has 170 valence electrons. The number of carbonyl (C=O) groups is 2. The van der Waals surface area contributed by atoms with Crippen LogP contribution in [0.25, 0.3) is 10.9 Å². The fourth-order valence-electron chi connectivity index (χ4n) is 3.72. The van der Waals surface area contributed by atoms with Gasteiger partial charge in [-0.15, -0.1) is 0 Å². The first-order valence-electron chi connectivity index (χ1n) is 10.3. The number of nitrogens with one attached hydrogen (secondary N) is 2. The highest BCUT2D eigenvalue weighted by Crippen LogP contribution is 2.36. The number of urea groups is 1. The maximum atomic E-state index is 12.6. The minimum absolute atomic E-state index is 0.221. The zero-order valence-electron chi connectivity index (χ0n) is 18.3. The van der Waals surface area contributed by atoms with Crippen molar-refractivity contribution in [3.8, 4) is 17.2 Å². The fourth-order valence-corrected chi connectivity index (χ4v) is 3.90. The molecule has 1 atom stereocenters. The van der Waals surface area contributed by atoms with Gasteiger partial charge in [0.1, 0.15) is 27.9 Å². The van der Waals surface area contributed by atoms with Crippen LogP contribution in [-0.4, -0.2) is 30.7 Å². The van der Waals surface area contributed by atoms with Gasteiger partial charge in [-0.3, -0.25) is 0 Å². The van der Waals surface area contributed by atoms with Crippen LogP contribution in [0.4, 0.5) is 4.79 Å². The summed E-state index contributed by atoms with van der Waals surface area (Å²) in [5.74, 6) is 1.06. The first-order chi connectivity index (χ1) is 15.9. The Hall–Kier alpha value is -3.78. The van der Waals surface area contributed by atoms with Crippen LogP contribution in [0, 0.1) is 0 Å². The summed E-state index contributed by atoms with van der Waals surface area (Å²) in [4.78, 5) is 29.1. The summed E-state index contributed by atoms with van der Waals surface area (Å²) < 4.78 is 16.7. The van der Waals surface area contributed by atoms with Gasteiger partial charge in [-0.25, -0.2) is 14.6 Å². The Bertz CT molecular complexity index is 1270. The zero-order valence-corrected chi connectivity index (χ0v) is 19.0. The lowest BCUT2D eigenvalue weighted by atomic mass is 9.95. The highest BCUT2D eigenvalue weighted by molar-refractivity contribution is 6.30. The average molecular weight is 468 g/mol. The molecule has 1 aliphatic rings. The molecule has 2 heterocycles. The number of pyridine rings is 1. The molecule has 0 saturated carbocycles. The number of methoxy groups -OCH3 is 1. The third kappa shape index (κ3) is 4.56. The van der Waals surface area contributed by atoms with Gasteiger partial charge in [0.15, 0.2) is 0 Å². The Morgan fingerprint density at radius 1 is 1.15 bits per heavy atom. The summed E-state index contributed by atoms with van der Waals surface area (Å²) >= 11 is 6.23. The van der Waals surface area contributed by atoms with Gasteiger partial charge in [-0.05, 0) is 43.7 Å². The van der Waals surface area contributed by atoms with Crippen molar-refractivity contribution in [2.24, 2.45) is 0 Å². The second-order valence-corrected chi connectivity index (χ2v) is 7.65. The van der Waals surface area contributed by atoms with E-state index in [1.165, 1.54) is 0 Å². The van der Waals surface area contributed by atoms with Gasteiger partial charge >= 0.3 is 12.0 Å². The maximum Gasteiger partial charge on any atom is 0.338 e. The van der Waals surface area contributed by atoms with Crippen LogP contribution in [-0.2, 0) is 9.53 Å². The molecule has 2 aromatic carbocycles. The van der Waals surface area contributed by atoms with Crippen LogP contribution >= 0.6 is 11.6 Å². The number of aromatic nitrogens is 1. The lowest BCUT2D eigenvalue weighted by Gasteiger charge is -2.28. The third-order valence-electron chi connectivity index (χ3n) is 5.14. The number of allylic oxidation sites excluding steroid dienone is 1. The number of hydrogen-bond acceptors (Lipinski definition) is 6. The van der Waals surface area contributed by atoms with E-state index in [1.54, 1.807) is 57.4 Å². The SMILES string of the molecule is CCOC(=O)C1=C(C)NC(=O)NC1c1cccc(Oc2cc(Cl)nc3c(OC)cccc23)c1. The first kappa shape index (κ1) is 22.4. The zero-order chi connectivity index (χ0) is 23.5. The quantitative estimate of drug-likeness (QED) is 0.396. The van der Waals surface area contributed by atoms with E-state index in [-0.39, 0.29) is 11.8 Å². The molecule has 1 unspecified atom stereocenters. The topological polar surface area (TPSA) is 98.8 Å². The normalized spacial score (nSPS) is 15.6. The number of hydrogen-bond donors (Lipinski definition) is 2. The lowest BCUT2D eigenvalue weighted by molar-refractivity contribution is -0.139. The van der Waals surface area contributed by atoms with Crippen molar-refractivity contribution in [2.45, 2.75) is 19.9 Å². The van der Waals surface area contributed by atoms with Crippen molar-refractivity contribution in [3.63, 3.8) is 0 Å². The summed E-state index contributed by atoms with van der Waals surface area (Å²) in [7, 11) is 1.56. The van der Waals surface area contributed by atoms with Crippen molar-refractivity contribution in [1.29, 1.82) is 0 Å². The second-order valence-electron chi connectivity index (χ2n) is 7.26. The molecule has 3 aromatic rings. The summed E-state index contributed by atoms with van der Waals surface area (Å²) in [5, 5.41) is 6.39. The molecule has 0 saturated heterocycles. The van der Waals surface area contributed by atoms with E-state index in [0.717, 1.165) is 5.39 Å². The minimum Gasteiger partial charge on any atom is -0.494 e. The van der Waals surface area contributed by atoms with Gasteiger partial charge in [0.2, 0.25) is 0 Å². The number of benzene rings is 2. The minimum atomic E-state index is -0.695. The van der Waals surface area contributed by atoms with E-state index in [2.05, 4.69) is 15.6 Å². The molecule has 33 heavy (non-hydrogen) atoms. The molecule has 0 radical (unpaired) electrons. The molecule has 1 aliphatic heterocycles. The second kappa shape index (κ2) is 9.38. The van der Waals surface area contributed by atoms with Crippen LogP contribution in [0.15, 0.2) is 59.8 Å². The molecular weight excluding hydrogens is 446 g/mol. The van der Waals surface area contributed by atoms with Crippen molar-refractivity contribution in [2.75, 3.05) is 13.7 Å². The number of carbonyl (C=O) groups excluding carboxylic acids is 2. The fraction of sp³-hybridized carbons (Fsp3) is 0.208. The predicted molar refractivity (Wildman–Crippen MR) is 124 cm³/mol. The number of para-hydroxylation sites is 1. The smallest absolute Gasteiger partial charge is 0.338 e. The van der Waals surface area contributed by atoms with Crippen molar-refractivity contribution in [3.05, 3.63) is 70.5 Å². The summed E-state index contributed by atoms with van der Waals surface area (Å²) in [6.07, 6.45) is 0. The van der Waals surface area contributed by atoms with Gasteiger partial charge in [-0.2, -0.15) is 0 Å². The lowest BCUT2D eigenvalue weighted by Crippen LogP contribution is -2.45. The number of ether oxygens (including phenoxy) is 3. The van der Waals surface area contributed by atoms with Crippen LogP contribution in [0.3, 0.4) is 0 Å². The molecule has 0 bridgehead atoms. The van der Waals surface area contributed by atoms with Crippen molar-refractivity contribution < 1.29 is 23.8 Å². The van der Waals surface area contributed by atoms with E-state index in [4.69, 9.17) is 25.8 Å². The van der Waals surface area contributed by atoms with E-state index in [0.29, 0.717) is 39.6 Å². The average Bonchev–Trinajstić information content (AvgIpc) is 2.78. The number of nitrogens with zero attached hydrogens (tertiary/aromatic N) is 1. The maximum absolute atomic E-state index is 12.6. The van der Waals surface area contributed by atoms with E-state index in [9.17, 15) is 9.59 Å². The molecule has 1 aromatic heterocycles. The number of amides is 2. The predicted octanol–water partition coefficient (Wildman–Crippen LogP) is 4.88. The van der Waals surface area contributed by atoms with Gasteiger partial charge in [0.05, 0.1) is 25.3 Å². The Labute approximate surface area is 195 Å². The molecule has 0 aliphatic carbocycles. The van der Waals surface area contributed by atoms with E-state index >= 15 is 0 Å². The summed E-state index contributed by atoms with van der Waals surface area (Å²) in [6.45, 7) is 3.61. The van der Waals surface area contributed by atoms with Crippen molar-refractivity contribution in [1.82, 2.24) is 15.6 Å². The monoisotopic (exact) mass is 467 g/mol. The Balaban J connectivity index is 1.73. The van der Waals surface area contributed by atoms with Crippen molar-refractivity contribution >= 4 is 34.5 Å². The number of fused-ring (bicyclic) bond motifs is 1. The standard InChI is InChI=1S/C24H22ClN3O5/c1-4-32-23(29)20-13(2)26-24(30)28-21(20)14-7-5-8-15(11-14)33-18-12-19(25)27-22-16(18)9-6-10-17(22)31-3/h5-12,21H,4H2,1-3H3,(H2,26,28,30). The summed E-state index contributed by atoms with van der Waals surface area (Å²) in [6, 6.07) is 13.1. The van der Waals surface area contributed by atoms with Crippen LogP contribution < -0.4 is 20.1 Å². The first-order valence-corrected chi connectivity index (χ1v) is 10.7. The Morgan fingerprint density at radius 2 is 1.94 bits per heavy atom. The molecule has 9 heteroatoms. The van der Waals surface area contributed by atoms with Gasteiger partial charge < -0.3 is 24.8 Å². The van der Waals surface area contributed by atoms with Crippen LogP contribution in [0.2, 0.25) is 5.15 Å². The van der Waals surface area contributed by atoms with Gasteiger partial charge in [0.25, 0.3) is 0 Å². The summed E-state index contributed by atoms with van der Waals surface area (Å²) in [5.41, 5.74) is 2.00. The van der Waals surface area contributed by atoms with Crippen LogP contribution in [0.5, 0.6) is 17.2 Å². The van der Waals surface area contributed by atoms with Gasteiger partial charge in [0, 0.05) is 17.1 Å². The van der Waals surface area contributed by atoms with E-state index < -0.39 is 18.0 Å². The molecule has 0 spiro atoms. The molecular formula is C24H22ClN3O5. The molecule has 0 fully saturated rings. The highest BCUT2D eigenvalue weighted by atomic mass is 35.5. The number of halogens is 1. The Morgan fingerprint density at radius 3 is 2.70 bits per heavy atom. The molecule has 2 amide bonds. The number of rotatable bonds is 6. The highest BCUT2D eigenvalue weighted by Gasteiger charge is 2.32. The largest absolute Gasteiger partial charge is 0.494 e. The third-order valence-corrected chi connectivity index (χ3v) is 5.33. The molecule has 2 N–H and O–H groups in total. The van der Waals surface area contributed by atoms with Crippen LogP contribution in [0.1, 0.15) is 25.5 Å². The Kier molecular flexibility index (Phi) is 6.37. The molecule has 4 rings (SSSR count). The molecule has 8 nitrogen and oxygen atoms in total.